The molecule has 7 nitrogen and oxygen atoms in total. The average molecular weight is 183 g/mol. The Labute approximate surface area is 73.9 Å². The second kappa shape index (κ2) is 3.65. The van der Waals surface area contributed by atoms with Crippen LogP contribution in [0.5, 0.6) is 0 Å². The molecule has 3 N–H and O–H groups in total. The molecule has 0 aromatic carbocycles. The highest BCUT2D eigenvalue weighted by Gasteiger charge is 2.15. The van der Waals surface area contributed by atoms with E-state index in [1.165, 1.54) is 13.4 Å². The Balaban J connectivity index is 2.63. The van der Waals surface area contributed by atoms with Crippen LogP contribution in [0.15, 0.2) is 6.33 Å². The van der Waals surface area contributed by atoms with Crippen molar-refractivity contribution in [2.75, 3.05) is 13.6 Å². The van der Waals surface area contributed by atoms with E-state index in [2.05, 4.69) is 15.2 Å². The van der Waals surface area contributed by atoms with Crippen LogP contribution >= 0.6 is 0 Å². The Morgan fingerprint density at radius 2 is 2.38 bits per heavy atom. The molecule has 0 radical (unpaired) electrons. The summed E-state index contributed by atoms with van der Waals surface area (Å²) < 4.78 is 0. The molecule has 7 heteroatoms. The van der Waals surface area contributed by atoms with Gasteiger partial charge in [0, 0.05) is 7.05 Å². The normalized spacial score (nSPS) is 9.62. The molecule has 70 valence electrons. The monoisotopic (exact) mass is 183 g/mol. The zero-order valence-electron chi connectivity index (χ0n) is 7.02. The number of aromatic amines is 1. The number of primary amides is 1. The lowest BCUT2D eigenvalue weighted by Crippen LogP contribution is -2.35. The Kier molecular flexibility index (Phi) is 2.58. The summed E-state index contributed by atoms with van der Waals surface area (Å²) in [6.45, 7) is -0.139. The fourth-order valence-corrected chi connectivity index (χ4v) is 0.795. The molecule has 0 bridgehead atoms. The van der Waals surface area contributed by atoms with E-state index in [0.29, 0.717) is 0 Å². The second-order valence-corrected chi connectivity index (χ2v) is 2.46. The topological polar surface area (TPSA) is 105 Å². The van der Waals surface area contributed by atoms with Crippen molar-refractivity contribution in [3.8, 4) is 0 Å². The third-order valence-corrected chi connectivity index (χ3v) is 1.36. The van der Waals surface area contributed by atoms with Crippen LogP contribution in [0, 0.1) is 0 Å². The number of aromatic nitrogens is 3. The van der Waals surface area contributed by atoms with E-state index >= 15 is 0 Å². The van der Waals surface area contributed by atoms with Gasteiger partial charge in [-0.3, -0.25) is 14.7 Å². The quantitative estimate of drug-likeness (QED) is 0.586. The van der Waals surface area contributed by atoms with Gasteiger partial charge in [0.1, 0.15) is 6.33 Å². The minimum absolute atomic E-state index is 0.0868. The molecule has 0 spiro atoms. The fourth-order valence-electron chi connectivity index (χ4n) is 0.795. The molecule has 13 heavy (non-hydrogen) atoms. The van der Waals surface area contributed by atoms with Crippen LogP contribution in [0.25, 0.3) is 0 Å². The third-order valence-electron chi connectivity index (χ3n) is 1.36. The van der Waals surface area contributed by atoms with E-state index in [1.54, 1.807) is 0 Å². The number of amides is 2. The van der Waals surface area contributed by atoms with Gasteiger partial charge in [0.25, 0.3) is 5.91 Å². The van der Waals surface area contributed by atoms with Crippen molar-refractivity contribution >= 4 is 11.8 Å². The Bertz CT molecular complexity index is 307. The summed E-state index contributed by atoms with van der Waals surface area (Å²) in [5, 5.41) is 5.89. The predicted molar refractivity (Wildman–Crippen MR) is 42.5 cm³/mol. The van der Waals surface area contributed by atoms with Crippen LogP contribution in [0.4, 0.5) is 0 Å². The molecule has 0 unspecified atom stereocenters. The molecule has 0 aliphatic carbocycles. The summed E-state index contributed by atoms with van der Waals surface area (Å²) in [5.74, 6) is -0.907. The van der Waals surface area contributed by atoms with Crippen LogP contribution in [0.1, 0.15) is 10.6 Å². The van der Waals surface area contributed by atoms with Gasteiger partial charge in [0.2, 0.25) is 11.7 Å². The Morgan fingerprint density at radius 3 is 2.85 bits per heavy atom. The van der Waals surface area contributed by atoms with E-state index in [0.717, 1.165) is 4.90 Å². The molecule has 2 amide bonds. The van der Waals surface area contributed by atoms with E-state index in [1.807, 2.05) is 0 Å². The number of carbonyl (C=O) groups excluding carboxylic acids is 2. The second-order valence-electron chi connectivity index (χ2n) is 2.46. The van der Waals surface area contributed by atoms with Crippen molar-refractivity contribution in [2.45, 2.75) is 0 Å². The standard InChI is InChI=1S/C6H9N5O2/c1-11(2-4(7)12)6(13)5-8-3-9-10-5/h3H,2H2,1H3,(H2,7,12)(H,8,9,10). The first-order valence-corrected chi connectivity index (χ1v) is 3.50. The maximum absolute atomic E-state index is 11.3. The number of hydrogen-bond donors (Lipinski definition) is 2. The summed E-state index contributed by atoms with van der Waals surface area (Å²) in [7, 11) is 1.45. The first-order chi connectivity index (χ1) is 6.11. The van der Waals surface area contributed by atoms with Crippen LogP contribution in [-0.2, 0) is 4.79 Å². The van der Waals surface area contributed by atoms with Crippen molar-refractivity contribution in [2.24, 2.45) is 5.73 Å². The molecule has 0 atom stereocenters. The highest BCUT2D eigenvalue weighted by molar-refractivity contribution is 5.92. The number of hydrogen-bond acceptors (Lipinski definition) is 4. The van der Waals surface area contributed by atoms with Crippen molar-refractivity contribution in [3.63, 3.8) is 0 Å². The number of nitrogens with two attached hydrogens (primary N) is 1. The molecule has 0 saturated heterocycles. The van der Waals surface area contributed by atoms with Gasteiger partial charge in [-0.15, -0.1) is 0 Å². The predicted octanol–water partition coefficient (Wildman–Crippen LogP) is -1.64. The van der Waals surface area contributed by atoms with Gasteiger partial charge < -0.3 is 10.6 Å². The maximum Gasteiger partial charge on any atom is 0.291 e. The third kappa shape index (κ3) is 2.26. The van der Waals surface area contributed by atoms with Crippen LogP contribution in [0.2, 0.25) is 0 Å². The number of H-pyrrole nitrogens is 1. The lowest BCUT2D eigenvalue weighted by molar-refractivity contribution is -0.118. The summed E-state index contributed by atoms with van der Waals surface area (Å²) in [6.07, 6.45) is 1.21. The van der Waals surface area contributed by atoms with Crippen molar-refractivity contribution in [3.05, 3.63) is 12.2 Å². The molecule has 0 saturated carbocycles. The van der Waals surface area contributed by atoms with Gasteiger partial charge in [-0.2, -0.15) is 5.10 Å². The van der Waals surface area contributed by atoms with E-state index in [-0.39, 0.29) is 12.4 Å². The smallest absolute Gasteiger partial charge is 0.291 e. The highest BCUT2D eigenvalue weighted by atomic mass is 16.2. The van der Waals surface area contributed by atoms with E-state index in [4.69, 9.17) is 5.73 Å². The fraction of sp³-hybridized carbons (Fsp3) is 0.333. The Hall–Kier alpha value is -1.92. The van der Waals surface area contributed by atoms with E-state index < -0.39 is 11.8 Å². The summed E-state index contributed by atoms with van der Waals surface area (Å²) in [4.78, 5) is 26.6. The molecule has 0 aliphatic rings. The van der Waals surface area contributed by atoms with Crippen LogP contribution < -0.4 is 5.73 Å². The summed E-state index contributed by atoms with van der Waals surface area (Å²) in [6, 6.07) is 0. The molecule has 1 aromatic heterocycles. The highest BCUT2D eigenvalue weighted by Crippen LogP contribution is 1.93. The molecular formula is C6H9N5O2. The van der Waals surface area contributed by atoms with Gasteiger partial charge in [-0.1, -0.05) is 0 Å². The molecule has 1 aromatic rings. The lowest BCUT2D eigenvalue weighted by atomic mass is 10.4. The number of rotatable bonds is 3. The van der Waals surface area contributed by atoms with Gasteiger partial charge in [-0.25, -0.2) is 4.98 Å². The van der Waals surface area contributed by atoms with Gasteiger partial charge in [0.15, 0.2) is 0 Å². The first kappa shape index (κ1) is 9.17. The number of likely N-dealkylation sites (N-methyl/N-ethyl adjacent to an activating group) is 1. The zero-order chi connectivity index (χ0) is 9.84. The minimum atomic E-state index is -0.574. The number of carbonyl (C=O) groups is 2. The summed E-state index contributed by atoms with van der Waals surface area (Å²) in [5.41, 5.74) is 4.91. The van der Waals surface area contributed by atoms with Crippen LogP contribution in [0.3, 0.4) is 0 Å². The average Bonchev–Trinajstić information content (AvgIpc) is 2.53. The Morgan fingerprint density at radius 1 is 1.69 bits per heavy atom. The molecule has 1 heterocycles. The minimum Gasteiger partial charge on any atom is -0.368 e. The van der Waals surface area contributed by atoms with Crippen molar-refractivity contribution in [1.82, 2.24) is 20.1 Å². The SMILES string of the molecule is CN(CC(N)=O)C(=O)c1ncn[nH]1. The molecule has 0 fully saturated rings. The molecule has 1 rings (SSSR count). The number of nitrogens with one attached hydrogen (secondary N) is 1. The van der Waals surface area contributed by atoms with Gasteiger partial charge >= 0.3 is 0 Å². The first-order valence-electron chi connectivity index (χ1n) is 3.50. The molecular weight excluding hydrogens is 174 g/mol. The van der Waals surface area contributed by atoms with Gasteiger partial charge in [-0.05, 0) is 0 Å². The van der Waals surface area contributed by atoms with Gasteiger partial charge in [0.05, 0.1) is 6.54 Å². The van der Waals surface area contributed by atoms with Crippen molar-refractivity contribution < 1.29 is 9.59 Å². The zero-order valence-corrected chi connectivity index (χ0v) is 7.02. The lowest BCUT2D eigenvalue weighted by Gasteiger charge is -2.12. The van der Waals surface area contributed by atoms with Crippen molar-refractivity contribution in [1.29, 1.82) is 0 Å². The maximum atomic E-state index is 11.3. The van der Waals surface area contributed by atoms with E-state index in [9.17, 15) is 9.59 Å². The largest absolute Gasteiger partial charge is 0.368 e. The summed E-state index contributed by atoms with van der Waals surface area (Å²) >= 11 is 0. The molecule has 0 aliphatic heterocycles. The van der Waals surface area contributed by atoms with Crippen LogP contribution in [-0.4, -0.2) is 45.5 Å². The number of nitrogens with zero attached hydrogens (tertiary/aromatic N) is 3.